The van der Waals surface area contributed by atoms with Gasteiger partial charge in [-0.15, -0.1) is 0 Å². The highest BCUT2D eigenvalue weighted by molar-refractivity contribution is 5.71. The third-order valence-electron chi connectivity index (χ3n) is 15.2. The van der Waals surface area contributed by atoms with Crippen LogP contribution in [0.2, 0.25) is 0 Å². The van der Waals surface area contributed by atoms with Crippen molar-refractivity contribution in [3.05, 3.63) is 72.9 Å². The van der Waals surface area contributed by atoms with E-state index in [4.69, 9.17) is 14.2 Å². The van der Waals surface area contributed by atoms with Crippen LogP contribution < -0.4 is 0 Å². The van der Waals surface area contributed by atoms with Crippen LogP contribution in [0, 0.1) is 0 Å². The molecular formula is C73H130O6. The molecule has 0 N–H and O–H groups in total. The fourth-order valence-electron chi connectivity index (χ4n) is 10.1. The molecule has 1 atom stereocenters. The average Bonchev–Trinajstić information content (AvgIpc) is 3.45. The Hall–Kier alpha value is -3.15. The van der Waals surface area contributed by atoms with Crippen LogP contribution in [0.15, 0.2) is 72.9 Å². The highest BCUT2D eigenvalue weighted by atomic mass is 16.6. The van der Waals surface area contributed by atoms with Gasteiger partial charge in [0.25, 0.3) is 0 Å². The molecule has 1 unspecified atom stereocenters. The number of hydrogen-bond donors (Lipinski definition) is 0. The van der Waals surface area contributed by atoms with E-state index >= 15 is 0 Å². The lowest BCUT2D eigenvalue weighted by atomic mass is 10.0. The van der Waals surface area contributed by atoms with Gasteiger partial charge in [0.1, 0.15) is 13.2 Å². The smallest absolute Gasteiger partial charge is 0.306 e. The predicted octanol–water partition coefficient (Wildman–Crippen LogP) is 23.7. The molecule has 0 rings (SSSR count). The zero-order valence-electron chi connectivity index (χ0n) is 52.6. The van der Waals surface area contributed by atoms with Crippen LogP contribution in [0.25, 0.3) is 0 Å². The van der Waals surface area contributed by atoms with E-state index in [1.165, 1.54) is 212 Å². The lowest BCUT2D eigenvalue weighted by Crippen LogP contribution is -2.30. The summed E-state index contributed by atoms with van der Waals surface area (Å²) < 4.78 is 16.8. The second-order valence-electron chi connectivity index (χ2n) is 23.1. The molecule has 458 valence electrons. The van der Waals surface area contributed by atoms with Crippen LogP contribution in [-0.4, -0.2) is 37.2 Å². The maximum absolute atomic E-state index is 12.9. The van der Waals surface area contributed by atoms with Crippen molar-refractivity contribution in [2.75, 3.05) is 13.2 Å². The first kappa shape index (κ1) is 75.8. The number of ether oxygens (including phenoxy) is 3. The fraction of sp³-hybridized carbons (Fsp3) is 0.795. The van der Waals surface area contributed by atoms with Gasteiger partial charge in [0, 0.05) is 19.3 Å². The molecule has 0 radical (unpaired) electrons. The Morgan fingerprint density at radius 2 is 0.494 bits per heavy atom. The molecule has 0 saturated heterocycles. The van der Waals surface area contributed by atoms with E-state index in [1.54, 1.807) is 0 Å². The number of unbranched alkanes of at least 4 members (excludes halogenated alkanes) is 40. The quantitative estimate of drug-likeness (QED) is 0.0261. The summed E-state index contributed by atoms with van der Waals surface area (Å²) in [5.41, 5.74) is 0. The lowest BCUT2D eigenvalue weighted by Gasteiger charge is -2.18. The molecule has 0 spiro atoms. The second kappa shape index (κ2) is 67.4. The van der Waals surface area contributed by atoms with Gasteiger partial charge in [-0.1, -0.05) is 338 Å². The van der Waals surface area contributed by atoms with Crippen molar-refractivity contribution in [3.8, 4) is 0 Å². The van der Waals surface area contributed by atoms with Gasteiger partial charge in [0.15, 0.2) is 6.10 Å². The van der Waals surface area contributed by atoms with E-state index in [0.29, 0.717) is 19.3 Å². The minimum absolute atomic E-state index is 0.0749. The highest BCUT2D eigenvalue weighted by Gasteiger charge is 2.19. The SMILES string of the molecule is CC/C=C\C/C=C\C/C=C\C/C=C\C/C=C\C/C=C\CCCCCCCCCCC(=O)OC(COC(=O)CCCCCCCC)COC(=O)CCCCCCCCCCCCCCCCCCCCCCCCCCCCCC. The van der Waals surface area contributed by atoms with E-state index in [9.17, 15) is 14.4 Å². The molecule has 0 saturated carbocycles. The zero-order chi connectivity index (χ0) is 57.1. The molecule has 6 heteroatoms. The van der Waals surface area contributed by atoms with Gasteiger partial charge in [0.05, 0.1) is 0 Å². The molecule has 0 aromatic carbocycles. The number of rotatable bonds is 63. The van der Waals surface area contributed by atoms with E-state index in [1.807, 2.05) is 0 Å². The maximum Gasteiger partial charge on any atom is 0.306 e. The van der Waals surface area contributed by atoms with Crippen LogP contribution in [0.4, 0.5) is 0 Å². The summed E-state index contributed by atoms with van der Waals surface area (Å²) in [4.78, 5) is 38.1. The Morgan fingerprint density at radius 3 is 0.772 bits per heavy atom. The van der Waals surface area contributed by atoms with Gasteiger partial charge in [0.2, 0.25) is 0 Å². The molecule has 79 heavy (non-hydrogen) atoms. The van der Waals surface area contributed by atoms with Crippen LogP contribution in [0.1, 0.15) is 355 Å². The molecule has 0 bridgehead atoms. The van der Waals surface area contributed by atoms with Crippen LogP contribution in [0.3, 0.4) is 0 Å². The normalized spacial score (nSPS) is 12.5. The molecule has 0 fully saturated rings. The predicted molar refractivity (Wildman–Crippen MR) is 344 cm³/mol. The van der Waals surface area contributed by atoms with Crippen molar-refractivity contribution >= 4 is 17.9 Å². The molecule has 0 aromatic heterocycles. The minimum Gasteiger partial charge on any atom is -0.462 e. The Balaban J connectivity index is 4.04. The molecule has 0 aliphatic heterocycles. The van der Waals surface area contributed by atoms with E-state index in [0.717, 1.165) is 103 Å². The average molecular weight is 1100 g/mol. The highest BCUT2D eigenvalue weighted by Crippen LogP contribution is 2.18. The Morgan fingerprint density at radius 1 is 0.266 bits per heavy atom. The zero-order valence-corrected chi connectivity index (χ0v) is 52.6. The third-order valence-corrected chi connectivity index (χ3v) is 15.2. The molecule has 0 aliphatic carbocycles. The fourth-order valence-corrected chi connectivity index (χ4v) is 10.1. The number of allylic oxidation sites excluding steroid dienone is 12. The van der Waals surface area contributed by atoms with Crippen molar-refractivity contribution in [2.45, 2.75) is 361 Å². The summed E-state index contributed by atoms with van der Waals surface area (Å²) in [6, 6.07) is 0. The van der Waals surface area contributed by atoms with Gasteiger partial charge < -0.3 is 14.2 Å². The van der Waals surface area contributed by atoms with Gasteiger partial charge in [-0.25, -0.2) is 0 Å². The molecule has 0 aromatic rings. The van der Waals surface area contributed by atoms with E-state index < -0.39 is 6.10 Å². The maximum atomic E-state index is 12.9. The van der Waals surface area contributed by atoms with Gasteiger partial charge in [-0.3, -0.25) is 14.4 Å². The summed E-state index contributed by atoms with van der Waals surface area (Å²) in [5, 5.41) is 0. The minimum atomic E-state index is -0.776. The molecule has 0 heterocycles. The summed E-state index contributed by atoms with van der Waals surface area (Å²) >= 11 is 0. The number of esters is 3. The lowest BCUT2D eigenvalue weighted by molar-refractivity contribution is -0.167. The van der Waals surface area contributed by atoms with Crippen LogP contribution in [0.5, 0.6) is 0 Å². The number of carbonyl (C=O) groups excluding carboxylic acids is 3. The van der Waals surface area contributed by atoms with Crippen molar-refractivity contribution < 1.29 is 28.6 Å². The first-order valence-electron chi connectivity index (χ1n) is 34.4. The van der Waals surface area contributed by atoms with Crippen molar-refractivity contribution in [1.82, 2.24) is 0 Å². The number of hydrogen-bond acceptors (Lipinski definition) is 6. The van der Waals surface area contributed by atoms with Crippen LogP contribution in [-0.2, 0) is 28.6 Å². The first-order chi connectivity index (χ1) is 39.0. The largest absolute Gasteiger partial charge is 0.462 e. The van der Waals surface area contributed by atoms with Crippen molar-refractivity contribution in [1.29, 1.82) is 0 Å². The molecular weight excluding hydrogens is 973 g/mol. The van der Waals surface area contributed by atoms with Crippen molar-refractivity contribution in [2.24, 2.45) is 0 Å². The molecule has 0 aliphatic rings. The molecule has 0 amide bonds. The van der Waals surface area contributed by atoms with Gasteiger partial charge >= 0.3 is 17.9 Å². The molecule has 6 nitrogen and oxygen atoms in total. The van der Waals surface area contributed by atoms with Gasteiger partial charge in [-0.2, -0.15) is 0 Å². The first-order valence-corrected chi connectivity index (χ1v) is 34.4. The Labute approximate surface area is 491 Å². The summed E-state index contributed by atoms with van der Waals surface area (Å²) in [6.45, 7) is 6.51. The van der Waals surface area contributed by atoms with E-state index in [2.05, 4.69) is 93.7 Å². The Kier molecular flexibility index (Phi) is 64.7. The van der Waals surface area contributed by atoms with Crippen molar-refractivity contribution in [3.63, 3.8) is 0 Å². The summed E-state index contributed by atoms with van der Waals surface area (Å²) in [5.74, 6) is -0.876. The summed E-state index contributed by atoms with van der Waals surface area (Å²) in [7, 11) is 0. The van der Waals surface area contributed by atoms with Gasteiger partial charge in [-0.05, 0) is 70.6 Å². The summed E-state index contributed by atoms with van der Waals surface area (Å²) in [6.07, 6.45) is 88.3. The topological polar surface area (TPSA) is 78.9 Å². The standard InChI is InChI=1S/C73H130O6/c1-4-7-10-13-16-18-20-22-24-26-28-30-32-34-36-38-39-41-43-45-47-49-51-53-55-57-60-63-66-72(75)78-69-70(68-77-71(74)65-62-59-15-12-9-6-3)79-73(76)67-64-61-58-56-54-52-50-48-46-44-42-40-37-35-33-31-29-27-25-23-21-19-17-14-11-8-5-2/h8,11,17,19,23,25,29,31,35,37,42,44,70H,4-7,9-10,12-16,18,20-22,24,26-28,30,32-34,36,38-41,43,45-69H2,1-3H3/b11-8-,19-17-,25-23-,31-29-,37-35-,44-42-. The van der Waals surface area contributed by atoms with Crippen LogP contribution >= 0.6 is 0 Å². The monoisotopic (exact) mass is 1100 g/mol. The number of carbonyl (C=O) groups is 3. The third kappa shape index (κ3) is 65.5. The Bertz CT molecular complexity index is 1450. The van der Waals surface area contributed by atoms with E-state index in [-0.39, 0.29) is 31.1 Å². The second-order valence-corrected chi connectivity index (χ2v) is 23.1.